The molecular weight excluding hydrogens is 1210 g/mol. The van der Waals surface area contributed by atoms with Gasteiger partial charge >= 0.3 is 18.0 Å². The highest BCUT2D eigenvalue weighted by Crippen LogP contribution is 2.60. The maximum absolute atomic E-state index is 16.2. The summed E-state index contributed by atoms with van der Waals surface area (Å²) >= 11 is 0. The summed E-state index contributed by atoms with van der Waals surface area (Å²) in [6.07, 6.45) is -1.14. The van der Waals surface area contributed by atoms with E-state index in [0.29, 0.717) is 56.0 Å². The van der Waals surface area contributed by atoms with Gasteiger partial charge in [-0.15, -0.1) is 0 Å². The number of rotatable bonds is 14. The number of nitrogens with zero attached hydrogens (tertiary/aromatic N) is 1. The van der Waals surface area contributed by atoms with Gasteiger partial charge in [-0.05, 0) is 121 Å². The molecule has 0 aromatic heterocycles. The lowest BCUT2D eigenvalue weighted by Crippen LogP contribution is -2.65. The molecular formula is C68H98N2O23. The number of nitro groups is 1. The van der Waals surface area contributed by atoms with E-state index in [4.69, 9.17) is 56.8 Å². The van der Waals surface area contributed by atoms with Crippen molar-refractivity contribution in [3.8, 4) is 0 Å². The molecule has 0 radical (unpaired) electrons. The first-order valence-corrected chi connectivity index (χ1v) is 33.4. The molecule has 29 atom stereocenters. The van der Waals surface area contributed by atoms with Gasteiger partial charge in [0.05, 0.1) is 86.6 Å². The van der Waals surface area contributed by atoms with Crippen LogP contribution in [0.15, 0.2) is 58.4 Å². The van der Waals surface area contributed by atoms with Crippen molar-refractivity contribution in [2.24, 2.45) is 46.8 Å². The maximum Gasteiger partial charge on any atom is 0.407 e. The Hall–Kier alpha value is -5.03. The van der Waals surface area contributed by atoms with Crippen molar-refractivity contribution in [3.05, 3.63) is 68.5 Å². The molecule has 518 valence electrons. The third-order valence-electron chi connectivity index (χ3n) is 22.2. The SMILES string of the molecule is COC(=O)NC1[C@@H](C)O[C@@H](O[C@H]2C/C=C(\C)[C@@H]3C=C[C@@H]4[C@@H](O[C@H]5C[C@@H](O[C@H]6CCC(O[C@H]7C[C@@H](O)C(O[C@H]8CC[C@@H](O)[C@H](C)O8)[C@H](C)O7)[C@H](C)C6)[C@@H](OC(C)=O)[C@H](C)O5)[C@@H](C)C[C@H](C)[C@H]4[C@]3(C)C(=O)C3=C(O)C4(CC(C=O)=C[C@H](O)[C@H]4/C=C/2C)OC3=O)C[C@]1(C)[N+](=O)[O-]. The number of hydrogen-bond donors (Lipinski definition) is 5. The Balaban J connectivity index is 0.902. The molecule has 0 aromatic carbocycles. The molecule has 5 N–H and O–H groups in total. The minimum absolute atomic E-state index is 0.00837. The monoisotopic (exact) mass is 1310 g/mol. The first-order chi connectivity index (χ1) is 43.9. The Morgan fingerprint density at radius 3 is 2.06 bits per heavy atom. The van der Waals surface area contributed by atoms with Gasteiger partial charge in [0, 0.05) is 61.7 Å². The molecule has 6 fully saturated rings. The first-order valence-electron chi connectivity index (χ1n) is 33.4. The van der Waals surface area contributed by atoms with Crippen LogP contribution in [0.3, 0.4) is 0 Å². The number of aliphatic hydroxyl groups excluding tert-OH is 4. The van der Waals surface area contributed by atoms with E-state index in [1.165, 1.54) is 19.9 Å². The molecule has 25 heteroatoms. The molecule has 2 bridgehead atoms. The van der Waals surface area contributed by atoms with Crippen molar-refractivity contribution in [1.82, 2.24) is 5.32 Å². The van der Waals surface area contributed by atoms with E-state index >= 15 is 4.79 Å². The number of aliphatic hydroxyl groups is 4. The van der Waals surface area contributed by atoms with Gasteiger partial charge in [-0.2, -0.15) is 0 Å². The normalized spacial score (nSPS) is 47.4. The van der Waals surface area contributed by atoms with Crippen LogP contribution >= 0.6 is 0 Å². The van der Waals surface area contributed by atoms with Gasteiger partial charge in [-0.3, -0.25) is 24.5 Å². The van der Waals surface area contributed by atoms with Crippen LogP contribution in [0.5, 0.6) is 0 Å². The maximum atomic E-state index is 16.2. The molecule has 4 saturated heterocycles. The molecule has 0 aromatic rings. The highest BCUT2D eigenvalue weighted by molar-refractivity contribution is 6.21. The lowest BCUT2D eigenvalue weighted by molar-refractivity contribution is -0.584. The van der Waals surface area contributed by atoms with Gasteiger partial charge in [0.1, 0.15) is 30.1 Å². The zero-order chi connectivity index (χ0) is 67.5. The summed E-state index contributed by atoms with van der Waals surface area (Å²) in [5.74, 6) is -6.36. The third kappa shape index (κ3) is 14.0. The summed E-state index contributed by atoms with van der Waals surface area (Å²) in [4.78, 5) is 81.1. The molecule has 10 rings (SSSR count). The predicted octanol–water partition coefficient (Wildman–Crippen LogP) is 7.02. The number of ketones is 1. The number of alkyl carbamates (subject to hydrolysis) is 1. The Morgan fingerprint density at radius 1 is 0.731 bits per heavy atom. The molecule has 25 nitrogen and oxygen atoms in total. The highest BCUT2D eigenvalue weighted by Gasteiger charge is 2.65. The molecule has 5 aliphatic carbocycles. The smallest absolute Gasteiger partial charge is 0.407 e. The van der Waals surface area contributed by atoms with Crippen LogP contribution < -0.4 is 5.32 Å². The highest BCUT2D eigenvalue weighted by atomic mass is 16.7. The molecule has 2 saturated carbocycles. The lowest BCUT2D eigenvalue weighted by Gasteiger charge is -2.56. The number of Topliss-reactive ketones (excluding diaryl/α,β-unsaturated/α-hetero) is 1. The molecule has 93 heavy (non-hydrogen) atoms. The number of hydrogen-bond acceptors (Lipinski definition) is 23. The van der Waals surface area contributed by atoms with Crippen LogP contribution in [0.4, 0.5) is 4.79 Å². The van der Waals surface area contributed by atoms with Crippen molar-refractivity contribution in [2.45, 2.75) is 282 Å². The van der Waals surface area contributed by atoms with E-state index in [1.807, 2.05) is 39.8 Å². The average Bonchev–Trinajstić information content (AvgIpc) is 1.68. The van der Waals surface area contributed by atoms with E-state index in [9.17, 15) is 49.7 Å². The van der Waals surface area contributed by atoms with Crippen LogP contribution in [0.2, 0.25) is 0 Å². The summed E-state index contributed by atoms with van der Waals surface area (Å²) in [6, 6.07) is -1.12. The van der Waals surface area contributed by atoms with Gasteiger partial charge in [-0.25, -0.2) is 9.59 Å². The van der Waals surface area contributed by atoms with E-state index < -0.39 is 179 Å². The minimum atomic E-state index is -2.12. The molecule has 5 heterocycles. The van der Waals surface area contributed by atoms with E-state index in [2.05, 4.69) is 32.2 Å². The second-order valence-electron chi connectivity index (χ2n) is 28.8. The largest absolute Gasteiger partial charge is 0.507 e. The second kappa shape index (κ2) is 28.2. The Kier molecular flexibility index (Phi) is 21.5. The number of amides is 1. The minimum Gasteiger partial charge on any atom is -0.507 e. The number of nitrogens with one attached hydrogen (secondary N) is 1. The van der Waals surface area contributed by atoms with E-state index in [0.717, 1.165) is 7.11 Å². The van der Waals surface area contributed by atoms with Crippen molar-refractivity contribution < 1.29 is 106 Å². The van der Waals surface area contributed by atoms with Crippen molar-refractivity contribution in [3.63, 3.8) is 0 Å². The zero-order valence-corrected chi connectivity index (χ0v) is 55.7. The average molecular weight is 1310 g/mol. The van der Waals surface area contributed by atoms with Gasteiger partial charge in [0.25, 0.3) is 0 Å². The Morgan fingerprint density at radius 2 is 1.41 bits per heavy atom. The van der Waals surface area contributed by atoms with Crippen LogP contribution in [0.1, 0.15) is 154 Å². The van der Waals surface area contributed by atoms with E-state index in [1.54, 1.807) is 26.8 Å². The standard InChI is InChI=1S/C68H98N2O23/c1-31-14-19-49(90-55-29-66(11,70(80)81)61(39(9)86-55)69-65(79)82-13)33(3)24-45-47(74)25-41(30-71)28-68(45)63(77)56(64(78)93-68)62(76)67(12)44(31)17-16-43-57(67)34(4)22-35(5)58(43)92-54-27-51(60(38(8)85-54)87-40(10)72)88-42-15-20-50(32(2)23-42)89-53-26-48(75)59(37(7)84-53)91-52-21-18-46(73)36(6)83-52/h14,16-17,24-25,30,32,34-39,42-55,57-61,73-75,77H,15,18-23,26-29H2,1-13H3,(H,69,79)/b31-14+,33-24+/t32-,34+,35+,36+,37+,38+,39-,42+,43+,44+,45-,46-,47+,48-,49+,50?,51-,52+,53+,54+,55+,57-,58+,59?,60+,61?,66+,67-,68?/m1/s1. The van der Waals surface area contributed by atoms with Crippen molar-refractivity contribution in [2.75, 3.05) is 7.11 Å². The summed E-state index contributed by atoms with van der Waals surface area (Å²) in [5.41, 5.74) is -4.83. The molecule has 1 amide bonds. The van der Waals surface area contributed by atoms with Crippen LogP contribution in [-0.2, 0) is 76.0 Å². The lowest BCUT2D eigenvalue weighted by atomic mass is 9.48. The summed E-state index contributed by atoms with van der Waals surface area (Å²) in [5, 5.41) is 61.6. The summed E-state index contributed by atoms with van der Waals surface area (Å²) in [6.45, 7) is 21.4. The molecule has 5 aliphatic heterocycles. The zero-order valence-electron chi connectivity index (χ0n) is 55.7. The summed E-state index contributed by atoms with van der Waals surface area (Å²) in [7, 11) is 1.15. The number of esters is 2. The van der Waals surface area contributed by atoms with Crippen molar-refractivity contribution in [1.29, 1.82) is 0 Å². The van der Waals surface area contributed by atoms with Crippen LogP contribution in [0, 0.1) is 57.0 Å². The second-order valence-corrected chi connectivity index (χ2v) is 28.8. The summed E-state index contributed by atoms with van der Waals surface area (Å²) < 4.78 is 75.6. The van der Waals surface area contributed by atoms with Crippen molar-refractivity contribution >= 4 is 30.1 Å². The topological polar surface area (TPSA) is 332 Å². The van der Waals surface area contributed by atoms with E-state index in [-0.39, 0.29) is 73.7 Å². The molecule has 4 unspecified atom stereocenters. The number of carbonyl (C=O) groups is 5. The fraction of sp³-hybridized carbons (Fsp3) is 0.779. The molecule has 10 aliphatic rings. The Bertz CT molecular complexity index is 2950. The fourth-order valence-electron chi connectivity index (χ4n) is 17.4. The van der Waals surface area contributed by atoms with Gasteiger partial charge < -0.3 is 82.6 Å². The van der Waals surface area contributed by atoms with Gasteiger partial charge in [0.2, 0.25) is 5.54 Å². The van der Waals surface area contributed by atoms with Gasteiger partial charge in [-0.1, -0.05) is 57.6 Å². The fourth-order valence-corrected chi connectivity index (χ4v) is 17.4. The third-order valence-corrected chi connectivity index (χ3v) is 22.2. The number of ether oxygens (including phenoxy) is 12. The van der Waals surface area contributed by atoms with Crippen LogP contribution in [0.25, 0.3) is 0 Å². The van der Waals surface area contributed by atoms with Gasteiger partial charge in [0.15, 0.2) is 48.4 Å². The Labute approximate surface area is 543 Å². The predicted molar refractivity (Wildman–Crippen MR) is 328 cm³/mol. The number of allylic oxidation sites excluding steroid dienone is 2. The molecule has 1 spiro atoms. The first kappa shape index (κ1) is 70.8. The number of methoxy groups -OCH3 is 1. The quantitative estimate of drug-likeness (QED) is 0.0222. The number of fused-ring (bicyclic) bond motifs is 3. The number of aldehydes is 1. The number of carbonyl (C=O) groups excluding carboxylic acids is 5. The van der Waals surface area contributed by atoms with Crippen LogP contribution in [-0.4, -0.2) is 190 Å².